The van der Waals surface area contributed by atoms with Crippen molar-refractivity contribution in [3.05, 3.63) is 52.6 Å². The summed E-state index contributed by atoms with van der Waals surface area (Å²) in [5.41, 5.74) is 3.62. The number of halogens is 3. The maximum atomic E-state index is 12.9. The maximum absolute atomic E-state index is 12.9. The first-order chi connectivity index (χ1) is 16.7. The van der Waals surface area contributed by atoms with E-state index < -0.39 is 12.0 Å². The van der Waals surface area contributed by atoms with E-state index in [0.717, 1.165) is 43.0 Å². The number of alkyl halides is 3. The van der Waals surface area contributed by atoms with Gasteiger partial charge in [0, 0.05) is 57.1 Å². The van der Waals surface area contributed by atoms with Gasteiger partial charge in [-0.1, -0.05) is 6.07 Å². The van der Waals surface area contributed by atoms with Gasteiger partial charge in [0.05, 0.1) is 12.2 Å². The number of amides is 1. The molecule has 1 amide bonds. The summed E-state index contributed by atoms with van der Waals surface area (Å²) in [5.74, 6) is -0.748. The van der Waals surface area contributed by atoms with Crippen LogP contribution in [-0.2, 0) is 6.18 Å². The average molecular weight is 493 g/mol. The second-order valence-corrected chi connectivity index (χ2v) is 9.21. The lowest BCUT2D eigenvalue weighted by Gasteiger charge is -2.48. The molecule has 0 unspecified atom stereocenters. The maximum Gasteiger partial charge on any atom is 0.451 e. The number of aliphatic hydroxyl groups excluding tert-OH is 1. The molecule has 0 aliphatic carbocycles. The highest BCUT2D eigenvalue weighted by atomic mass is 19.4. The van der Waals surface area contributed by atoms with Gasteiger partial charge in [-0.3, -0.25) is 9.69 Å². The lowest BCUT2D eigenvalue weighted by molar-refractivity contribution is -0.145. The van der Waals surface area contributed by atoms with Gasteiger partial charge in [0.1, 0.15) is 5.75 Å². The fourth-order valence-corrected chi connectivity index (χ4v) is 5.12. The van der Waals surface area contributed by atoms with Crippen molar-refractivity contribution in [3.63, 3.8) is 0 Å². The van der Waals surface area contributed by atoms with E-state index in [1.807, 2.05) is 6.07 Å². The number of aromatic nitrogens is 2. The van der Waals surface area contributed by atoms with Gasteiger partial charge in [-0.15, -0.1) is 0 Å². The van der Waals surface area contributed by atoms with Crippen LogP contribution in [0.15, 0.2) is 24.5 Å². The smallest absolute Gasteiger partial charge is 0.451 e. The van der Waals surface area contributed by atoms with Gasteiger partial charge in [-0.25, -0.2) is 9.97 Å². The summed E-state index contributed by atoms with van der Waals surface area (Å²) in [7, 11) is 0. The van der Waals surface area contributed by atoms with Crippen LogP contribution in [-0.4, -0.2) is 69.7 Å². The molecule has 2 atom stereocenters. The second kappa shape index (κ2) is 10.5. The number of carbonyl (C=O) groups is 1. The van der Waals surface area contributed by atoms with Crippen LogP contribution >= 0.6 is 0 Å². The van der Waals surface area contributed by atoms with Crippen LogP contribution in [0, 0.1) is 13.8 Å². The van der Waals surface area contributed by atoms with Gasteiger partial charge in [0.15, 0.2) is 0 Å². The standard InChI is InChI=1S/C25H31F3N4O3/c1-16-17(2)22(35-12-4-11-33)8-7-20(16)21-6-3-5-19-15-31(9-10-32(19)21)23(34)18-13-29-24(30-14-18)25(26,27)28/h7-8,13-14,19,21,33H,3-6,9-12,15H2,1-2H3/t19-,21+/m0/s1. The Balaban J connectivity index is 1.45. The number of ether oxygens (including phenoxy) is 1. The van der Waals surface area contributed by atoms with Crippen LogP contribution < -0.4 is 4.74 Å². The summed E-state index contributed by atoms with van der Waals surface area (Å²) in [6.07, 6.45) is 0.905. The van der Waals surface area contributed by atoms with Crippen LogP contribution in [0.4, 0.5) is 13.2 Å². The van der Waals surface area contributed by atoms with Crippen LogP contribution in [0.2, 0.25) is 0 Å². The number of rotatable bonds is 6. The molecule has 0 spiro atoms. The van der Waals surface area contributed by atoms with Gasteiger partial charge >= 0.3 is 6.18 Å². The zero-order chi connectivity index (χ0) is 25.2. The molecule has 7 nitrogen and oxygen atoms in total. The van der Waals surface area contributed by atoms with Gasteiger partial charge in [0.25, 0.3) is 5.91 Å². The SMILES string of the molecule is Cc1c(OCCCO)ccc([C@H]2CCC[C@H]3CN(C(=O)c4cnc(C(F)(F)F)nc4)CCN32)c1C. The molecular weight excluding hydrogens is 461 g/mol. The molecule has 2 aliphatic heterocycles. The van der Waals surface area contributed by atoms with Crippen molar-refractivity contribution in [2.45, 2.75) is 57.8 Å². The fraction of sp³-hybridized carbons (Fsp3) is 0.560. The molecule has 4 rings (SSSR count). The quantitative estimate of drug-likeness (QED) is 0.616. The van der Waals surface area contributed by atoms with E-state index in [1.54, 1.807) is 4.90 Å². The Bertz CT molecular complexity index is 1050. The van der Waals surface area contributed by atoms with E-state index >= 15 is 0 Å². The Labute approximate surface area is 202 Å². The van der Waals surface area contributed by atoms with Crippen molar-refractivity contribution in [1.82, 2.24) is 19.8 Å². The first-order valence-electron chi connectivity index (χ1n) is 12.0. The Morgan fingerprint density at radius 3 is 2.57 bits per heavy atom. The molecule has 0 radical (unpaired) electrons. The molecule has 190 valence electrons. The molecule has 2 fully saturated rings. The third-order valence-electron chi connectivity index (χ3n) is 7.08. The summed E-state index contributed by atoms with van der Waals surface area (Å²) < 4.78 is 44.0. The summed E-state index contributed by atoms with van der Waals surface area (Å²) >= 11 is 0. The van der Waals surface area contributed by atoms with Gasteiger partial charge in [0.2, 0.25) is 5.82 Å². The Hall–Kier alpha value is -2.72. The second-order valence-electron chi connectivity index (χ2n) is 9.21. The normalized spacial score (nSPS) is 21.0. The molecule has 2 aromatic rings. The summed E-state index contributed by atoms with van der Waals surface area (Å²) in [5, 5.41) is 8.99. The van der Waals surface area contributed by atoms with Crippen molar-refractivity contribution in [2.75, 3.05) is 32.8 Å². The molecule has 1 aromatic heterocycles. The van der Waals surface area contributed by atoms with Crippen molar-refractivity contribution in [2.24, 2.45) is 0 Å². The van der Waals surface area contributed by atoms with E-state index in [2.05, 4.69) is 34.8 Å². The summed E-state index contributed by atoms with van der Waals surface area (Å²) in [6, 6.07) is 4.55. The van der Waals surface area contributed by atoms with E-state index in [4.69, 9.17) is 9.84 Å². The van der Waals surface area contributed by atoms with Crippen LogP contribution in [0.5, 0.6) is 5.75 Å². The minimum Gasteiger partial charge on any atom is -0.493 e. The number of hydrogen-bond acceptors (Lipinski definition) is 6. The number of fused-ring (bicyclic) bond motifs is 1. The number of piperidine rings is 1. The van der Waals surface area contributed by atoms with Crippen LogP contribution in [0.1, 0.15) is 64.6 Å². The van der Waals surface area contributed by atoms with E-state index in [1.165, 1.54) is 11.1 Å². The third kappa shape index (κ3) is 5.43. The highest BCUT2D eigenvalue weighted by Gasteiger charge is 2.38. The fourth-order valence-electron chi connectivity index (χ4n) is 5.12. The predicted molar refractivity (Wildman–Crippen MR) is 123 cm³/mol. The number of carbonyl (C=O) groups excluding carboxylic acids is 1. The van der Waals surface area contributed by atoms with E-state index in [9.17, 15) is 18.0 Å². The van der Waals surface area contributed by atoms with Crippen molar-refractivity contribution >= 4 is 5.91 Å². The number of hydrogen-bond donors (Lipinski definition) is 1. The summed E-state index contributed by atoms with van der Waals surface area (Å²) in [4.78, 5) is 23.8. The lowest BCUT2D eigenvalue weighted by atomic mass is 9.86. The van der Waals surface area contributed by atoms with Crippen LogP contribution in [0.3, 0.4) is 0 Å². The molecule has 2 saturated heterocycles. The largest absolute Gasteiger partial charge is 0.493 e. The number of benzene rings is 1. The minimum atomic E-state index is -4.63. The monoisotopic (exact) mass is 492 g/mol. The van der Waals surface area contributed by atoms with Crippen LogP contribution in [0.25, 0.3) is 0 Å². The minimum absolute atomic E-state index is 0.0714. The molecule has 0 bridgehead atoms. The third-order valence-corrected chi connectivity index (χ3v) is 7.08. The average Bonchev–Trinajstić information content (AvgIpc) is 2.85. The van der Waals surface area contributed by atoms with Crippen molar-refractivity contribution < 1.29 is 27.8 Å². The highest BCUT2D eigenvalue weighted by Crippen LogP contribution is 2.39. The predicted octanol–water partition coefficient (Wildman–Crippen LogP) is 3.93. The van der Waals surface area contributed by atoms with Gasteiger partial charge < -0.3 is 14.7 Å². The molecule has 3 heterocycles. The topological polar surface area (TPSA) is 78.8 Å². The molecule has 0 saturated carbocycles. The zero-order valence-electron chi connectivity index (χ0n) is 20.0. The number of aliphatic hydroxyl groups is 1. The molecule has 35 heavy (non-hydrogen) atoms. The first-order valence-corrected chi connectivity index (χ1v) is 12.0. The van der Waals surface area contributed by atoms with Crippen molar-refractivity contribution in [1.29, 1.82) is 0 Å². The Morgan fingerprint density at radius 1 is 1.14 bits per heavy atom. The molecule has 10 heteroatoms. The molecule has 1 aromatic carbocycles. The summed E-state index contributed by atoms with van der Waals surface area (Å²) in [6.45, 7) is 6.44. The van der Waals surface area contributed by atoms with E-state index in [0.29, 0.717) is 32.7 Å². The Morgan fingerprint density at radius 2 is 1.89 bits per heavy atom. The lowest BCUT2D eigenvalue weighted by Crippen LogP contribution is -2.57. The van der Waals surface area contributed by atoms with E-state index in [-0.39, 0.29) is 30.2 Å². The molecular formula is C25H31F3N4O3. The Kier molecular flexibility index (Phi) is 7.61. The highest BCUT2D eigenvalue weighted by molar-refractivity contribution is 5.93. The number of piperazine rings is 1. The van der Waals surface area contributed by atoms with Crippen molar-refractivity contribution in [3.8, 4) is 5.75 Å². The first kappa shape index (κ1) is 25.4. The zero-order valence-corrected chi connectivity index (χ0v) is 20.0. The number of nitrogens with zero attached hydrogens (tertiary/aromatic N) is 4. The molecule has 2 aliphatic rings. The molecule has 1 N–H and O–H groups in total. The van der Waals surface area contributed by atoms with Gasteiger partial charge in [-0.05, 0) is 55.9 Å². The van der Waals surface area contributed by atoms with Gasteiger partial charge in [-0.2, -0.15) is 13.2 Å².